The lowest BCUT2D eigenvalue weighted by Crippen LogP contribution is -1.83. The predicted octanol–water partition coefficient (Wildman–Crippen LogP) is 6.83. The van der Waals surface area contributed by atoms with E-state index in [1.165, 1.54) is 21.5 Å². The zero-order chi connectivity index (χ0) is 18.0. The maximum absolute atomic E-state index is 11.8. The molecule has 0 bridgehead atoms. The predicted molar refractivity (Wildman–Crippen MR) is 112 cm³/mol. The van der Waals surface area contributed by atoms with Crippen LogP contribution in [0.1, 0.15) is 33.2 Å². The lowest BCUT2D eigenvalue weighted by atomic mass is 10.00. The minimum absolute atomic E-state index is 0.109. The van der Waals surface area contributed by atoms with Crippen molar-refractivity contribution < 1.29 is 9.59 Å². The van der Waals surface area contributed by atoms with Gasteiger partial charge in [0.2, 0.25) is 0 Å². The first-order valence-electron chi connectivity index (χ1n) is 8.36. The molecule has 0 atom stereocenters. The quantitative estimate of drug-likeness (QED) is 0.251. The third kappa shape index (κ3) is 2.16. The van der Waals surface area contributed by atoms with E-state index in [0.29, 0.717) is 0 Å². The van der Waals surface area contributed by atoms with E-state index < -0.39 is 0 Å². The summed E-state index contributed by atoms with van der Waals surface area (Å²) in [6, 6.07) is 16.7. The molecule has 26 heavy (non-hydrogen) atoms. The van der Waals surface area contributed by atoms with Gasteiger partial charge in [-0.15, -0.1) is 22.7 Å². The number of Topliss-reactive ketones (excluding diaryl/α,β-unsaturated/α-hetero) is 2. The van der Waals surface area contributed by atoms with Crippen molar-refractivity contribution in [2.45, 2.75) is 13.8 Å². The molecule has 0 aliphatic carbocycles. The van der Waals surface area contributed by atoms with Crippen LogP contribution in [-0.4, -0.2) is 11.6 Å². The topological polar surface area (TPSA) is 34.1 Å². The lowest BCUT2D eigenvalue weighted by molar-refractivity contribution is 0.101. The van der Waals surface area contributed by atoms with Gasteiger partial charge in [0, 0.05) is 20.2 Å². The fourth-order valence-electron chi connectivity index (χ4n) is 3.56. The average Bonchev–Trinajstić information content (AvgIpc) is 3.25. The summed E-state index contributed by atoms with van der Waals surface area (Å²) in [5, 5.41) is 6.95. The molecule has 0 aliphatic rings. The molecule has 0 spiro atoms. The van der Waals surface area contributed by atoms with E-state index in [-0.39, 0.29) is 11.6 Å². The van der Waals surface area contributed by atoms with E-state index in [2.05, 4.69) is 36.4 Å². The molecule has 0 N–H and O–H groups in total. The smallest absolute Gasteiger partial charge is 0.169 e. The Bertz CT molecular complexity index is 1280. The van der Waals surface area contributed by atoms with Crippen molar-refractivity contribution in [3.63, 3.8) is 0 Å². The minimum Gasteiger partial charge on any atom is -0.294 e. The van der Waals surface area contributed by atoms with Gasteiger partial charge in [0.15, 0.2) is 11.6 Å². The highest BCUT2D eigenvalue weighted by molar-refractivity contribution is 7.22. The van der Waals surface area contributed by atoms with Crippen LogP contribution in [0, 0.1) is 0 Å². The summed E-state index contributed by atoms with van der Waals surface area (Å²) in [6.07, 6.45) is 0. The van der Waals surface area contributed by atoms with Crippen molar-refractivity contribution in [2.24, 2.45) is 0 Å². The van der Waals surface area contributed by atoms with E-state index >= 15 is 0 Å². The molecular formula is C22H14O2S2. The van der Waals surface area contributed by atoms with Gasteiger partial charge in [0.1, 0.15) is 0 Å². The highest BCUT2D eigenvalue weighted by Gasteiger charge is 2.13. The molecule has 126 valence electrons. The van der Waals surface area contributed by atoms with E-state index in [0.717, 1.165) is 29.9 Å². The molecule has 0 aliphatic heterocycles. The summed E-state index contributed by atoms with van der Waals surface area (Å²) >= 11 is 3.13. The number of thiophene rings is 2. The van der Waals surface area contributed by atoms with Crippen LogP contribution >= 0.6 is 22.7 Å². The normalized spacial score (nSPS) is 11.8. The van der Waals surface area contributed by atoms with E-state index in [1.807, 2.05) is 12.1 Å². The Balaban J connectivity index is 1.89. The Morgan fingerprint density at radius 3 is 1.38 bits per heavy atom. The number of rotatable bonds is 2. The Kier molecular flexibility index (Phi) is 3.30. The summed E-state index contributed by atoms with van der Waals surface area (Å²) in [5.74, 6) is 0.217. The van der Waals surface area contributed by atoms with Crippen LogP contribution in [0.15, 0.2) is 48.5 Å². The molecular weight excluding hydrogens is 360 g/mol. The van der Waals surface area contributed by atoms with E-state index in [4.69, 9.17) is 0 Å². The van der Waals surface area contributed by atoms with Gasteiger partial charge in [0.25, 0.3) is 0 Å². The Morgan fingerprint density at radius 2 is 1.00 bits per heavy atom. The summed E-state index contributed by atoms with van der Waals surface area (Å²) in [5.41, 5.74) is 0. The number of carbonyl (C=O) groups is 2. The summed E-state index contributed by atoms with van der Waals surface area (Å²) in [6.45, 7) is 3.23. The largest absolute Gasteiger partial charge is 0.294 e. The third-order valence-electron chi connectivity index (χ3n) is 4.85. The van der Waals surface area contributed by atoms with E-state index in [9.17, 15) is 9.59 Å². The number of benzene rings is 3. The number of hydrogen-bond acceptors (Lipinski definition) is 4. The number of carbonyl (C=O) groups excluding carboxylic acids is 2. The highest BCUT2D eigenvalue weighted by Crippen LogP contribution is 2.39. The number of fused-ring (bicyclic) bond motifs is 7. The molecule has 0 unspecified atom stereocenters. The van der Waals surface area contributed by atoms with Crippen LogP contribution in [0.5, 0.6) is 0 Å². The first-order valence-corrected chi connectivity index (χ1v) is 9.99. The van der Waals surface area contributed by atoms with Gasteiger partial charge in [-0.2, -0.15) is 0 Å². The third-order valence-corrected chi connectivity index (χ3v) is 7.42. The zero-order valence-electron chi connectivity index (χ0n) is 14.3. The summed E-state index contributed by atoms with van der Waals surface area (Å²) in [7, 11) is 0. The second-order valence-electron chi connectivity index (χ2n) is 6.56. The average molecular weight is 374 g/mol. The Hall–Kier alpha value is -2.56. The molecule has 2 aromatic heterocycles. The Labute approximate surface area is 157 Å². The number of hydrogen-bond donors (Lipinski definition) is 0. The molecule has 3 aromatic carbocycles. The number of ketones is 2. The van der Waals surface area contributed by atoms with Crippen molar-refractivity contribution >= 4 is 76.0 Å². The first kappa shape index (κ1) is 15.7. The van der Waals surface area contributed by atoms with Crippen molar-refractivity contribution in [1.29, 1.82) is 0 Å². The van der Waals surface area contributed by atoms with Crippen LogP contribution in [0.25, 0.3) is 41.7 Å². The fraction of sp³-hybridized carbons (Fsp3) is 0.0909. The van der Waals surface area contributed by atoms with Crippen LogP contribution in [0.3, 0.4) is 0 Å². The fourth-order valence-corrected chi connectivity index (χ4v) is 5.73. The van der Waals surface area contributed by atoms with Crippen LogP contribution in [-0.2, 0) is 0 Å². The SMILES string of the molecule is CC(=O)c1cc2ccc3c4ccc5cc(C(C)=O)sc5c4ccc3c2s1. The molecule has 0 radical (unpaired) electrons. The maximum atomic E-state index is 11.8. The van der Waals surface area contributed by atoms with Gasteiger partial charge >= 0.3 is 0 Å². The molecule has 0 saturated heterocycles. The molecule has 0 saturated carbocycles. The van der Waals surface area contributed by atoms with Crippen LogP contribution in [0.2, 0.25) is 0 Å². The standard InChI is InChI=1S/C22H14O2S2/c1-11(23)19-9-13-3-5-15-16-6-4-14-10-20(12(2)24)26-22(14)18(16)8-7-17(15)21(13)25-19/h3-10H,1-2H3. The molecule has 4 heteroatoms. The van der Waals surface area contributed by atoms with Crippen molar-refractivity contribution in [2.75, 3.05) is 0 Å². The molecule has 2 nitrogen and oxygen atoms in total. The van der Waals surface area contributed by atoms with Gasteiger partial charge in [-0.25, -0.2) is 0 Å². The summed E-state index contributed by atoms with van der Waals surface area (Å²) in [4.78, 5) is 25.1. The second kappa shape index (κ2) is 5.47. The van der Waals surface area contributed by atoms with Gasteiger partial charge in [0.05, 0.1) is 9.75 Å². The second-order valence-corrected chi connectivity index (χ2v) is 8.66. The van der Waals surface area contributed by atoms with Gasteiger partial charge < -0.3 is 0 Å². The van der Waals surface area contributed by atoms with Crippen molar-refractivity contribution in [3.8, 4) is 0 Å². The molecule has 2 heterocycles. The lowest BCUT2D eigenvalue weighted by Gasteiger charge is -2.06. The first-order chi connectivity index (χ1) is 12.5. The van der Waals surface area contributed by atoms with Gasteiger partial charge in [-0.3, -0.25) is 9.59 Å². The van der Waals surface area contributed by atoms with Crippen molar-refractivity contribution in [1.82, 2.24) is 0 Å². The van der Waals surface area contributed by atoms with Crippen LogP contribution in [0.4, 0.5) is 0 Å². The molecule has 5 rings (SSSR count). The molecule has 0 amide bonds. The molecule has 5 aromatic rings. The maximum Gasteiger partial charge on any atom is 0.169 e. The molecule has 0 fully saturated rings. The Morgan fingerprint density at radius 1 is 0.615 bits per heavy atom. The monoisotopic (exact) mass is 374 g/mol. The zero-order valence-corrected chi connectivity index (χ0v) is 15.9. The van der Waals surface area contributed by atoms with Crippen LogP contribution < -0.4 is 0 Å². The minimum atomic E-state index is 0.109. The summed E-state index contributed by atoms with van der Waals surface area (Å²) < 4.78 is 2.32. The highest BCUT2D eigenvalue weighted by atomic mass is 32.1. The van der Waals surface area contributed by atoms with E-state index in [1.54, 1.807) is 36.5 Å². The van der Waals surface area contributed by atoms with Gasteiger partial charge in [-0.05, 0) is 47.5 Å². The van der Waals surface area contributed by atoms with Gasteiger partial charge in [-0.1, -0.05) is 36.4 Å². The van der Waals surface area contributed by atoms with Crippen molar-refractivity contribution in [3.05, 3.63) is 58.3 Å².